The van der Waals surface area contributed by atoms with E-state index in [0.29, 0.717) is 16.9 Å². The smallest absolute Gasteiger partial charge is 0.354 e. The SMILES string of the molecule is CC(C)CNC(=O)[C@@H](C)N(Cc1ccccc1F)C(=O)CN(c1cccc(C(F)(F)F)c1)S(C)(=O)=O. The standard InChI is InChI=1S/C24H29F4N3O4S/c1-16(2)13-29-23(33)17(3)30(14-18-8-5-6-11-21(18)25)22(32)15-31(36(4,34)35)20-10-7-9-19(12-20)24(26,27)28/h5-12,16-17H,13-15H2,1-4H3,(H,29,33)/t17-/m1/s1. The maximum absolute atomic E-state index is 14.4. The van der Waals surface area contributed by atoms with Crippen molar-refractivity contribution < 1.29 is 35.6 Å². The van der Waals surface area contributed by atoms with Gasteiger partial charge in [0.25, 0.3) is 0 Å². The van der Waals surface area contributed by atoms with Gasteiger partial charge in [0.1, 0.15) is 18.4 Å². The highest BCUT2D eigenvalue weighted by Gasteiger charge is 2.33. The zero-order valence-electron chi connectivity index (χ0n) is 20.3. The van der Waals surface area contributed by atoms with E-state index < -0.39 is 52.0 Å². The Morgan fingerprint density at radius 1 is 1.03 bits per heavy atom. The second kappa shape index (κ2) is 11.7. The average Bonchev–Trinajstić information content (AvgIpc) is 2.78. The summed E-state index contributed by atoms with van der Waals surface area (Å²) in [4.78, 5) is 27.1. The predicted molar refractivity (Wildman–Crippen MR) is 128 cm³/mol. The lowest BCUT2D eigenvalue weighted by atomic mass is 10.1. The molecule has 198 valence electrons. The Morgan fingerprint density at radius 2 is 1.67 bits per heavy atom. The first-order valence-electron chi connectivity index (χ1n) is 11.1. The van der Waals surface area contributed by atoms with Crippen LogP contribution in [-0.2, 0) is 32.3 Å². The van der Waals surface area contributed by atoms with E-state index in [1.54, 1.807) is 0 Å². The van der Waals surface area contributed by atoms with Gasteiger partial charge in [-0.3, -0.25) is 13.9 Å². The van der Waals surface area contributed by atoms with Gasteiger partial charge in [-0.1, -0.05) is 38.1 Å². The molecule has 0 aliphatic rings. The Bertz CT molecular complexity index is 1190. The number of nitrogens with zero attached hydrogens (tertiary/aromatic N) is 2. The summed E-state index contributed by atoms with van der Waals surface area (Å²) in [5.74, 6) is -1.96. The van der Waals surface area contributed by atoms with Gasteiger partial charge >= 0.3 is 6.18 Å². The Hall–Kier alpha value is -3.15. The van der Waals surface area contributed by atoms with Crippen LogP contribution in [0.4, 0.5) is 23.2 Å². The molecule has 7 nitrogen and oxygen atoms in total. The predicted octanol–water partition coefficient (Wildman–Crippen LogP) is 3.80. The molecule has 0 unspecified atom stereocenters. The minimum absolute atomic E-state index is 0.0827. The molecule has 2 amide bonds. The van der Waals surface area contributed by atoms with Gasteiger partial charge < -0.3 is 10.2 Å². The molecule has 0 heterocycles. The number of carbonyl (C=O) groups excluding carboxylic acids is 2. The minimum Gasteiger partial charge on any atom is -0.354 e. The summed E-state index contributed by atoms with van der Waals surface area (Å²) < 4.78 is 79.4. The van der Waals surface area contributed by atoms with Gasteiger partial charge in [0.05, 0.1) is 17.5 Å². The monoisotopic (exact) mass is 531 g/mol. The molecular weight excluding hydrogens is 502 g/mol. The largest absolute Gasteiger partial charge is 0.416 e. The van der Waals surface area contributed by atoms with Gasteiger partial charge in [0, 0.05) is 18.7 Å². The summed E-state index contributed by atoms with van der Waals surface area (Å²) in [6.07, 6.45) is -3.98. The van der Waals surface area contributed by atoms with Gasteiger partial charge in [0.15, 0.2) is 0 Å². The lowest BCUT2D eigenvalue weighted by Crippen LogP contribution is -2.51. The van der Waals surface area contributed by atoms with Crippen molar-refractivity contribution in [2.75, 3.05) is 23.7 Å². The molecule has 0 radical (unpaired) electrons. The van der Waals surface area contributed by atoms with Gasteiger partial charge in [0.2, 0.25) is 21.8 Å². The van der Waals surface area contributed by atoms with E-state index in [1.807, 2.05) is 13.8 Å². The minimum atomic E-state index is -4.73. The first kappa shape index (κ1) is 29.1. The number of rotatable bonds is 10. The highest BCUT2D eigenvalue weighted by molar-refractivity contribution is 7.92. The maximum atomic E-state index is 14.4. The van der Waals surface area contributed by atoms with Crippen LogP contribution in [0.5, 0.6) is 0 Å². The van der Waals surface area contributed by atoms with E-state index in [1.165, 1.54) is 31.2 Å². The number of benzene rings is 2. The van der Waals surface area contributed by atoms with Crippen LogP contribution in [0, 0.1) is 11.7 Å². The first-order chi connectivity index (χ1) is 16.6. The number of carbonyl (C=O) groups is 2. The third-order valence-corrected chi connectivity index (χ3v) is 6.43. The van der Waals surface area contributed by atoms with Gasteiger partial charge in [-0.15, -0.1) is 0 Å². The van der Waals surface area contributed by atoms with Crippen LogP contribution < -0.4 is 9.62 Å². The Kier molecular flexibility index (Phi) is 9.47. The highest BCUT2D eigenvalue weighted by atomic mass is 32.2. The maximum Gasteiger partial charge on any atom is 0.416 e. The lowest BCUT2D eigenvalue weighted by molar-refractivity contribution is -0.139. The molecule has 0 aliphatic carbocycles. The van der Waals surface area contributed by atoms with E-state index in [4.69, 9.17) is 0 Å². The van der Waals surface area contributed by atoms with E-state index in [-0.39, 0.29) is 23.7 Å². The Morgan fingerprint density at radius 3 is 2.22 bits per heavy atom. The van der Waals surface area contributed by atoms with Crippen LogP contribution in [0.25, 0.3) is 0 Å². The molecule has 12 heteroatoms. The van der Waals surface area contributed by atoms with Crippen molar-refractivity contribution in [1.29, 1.82) is 0 Å². The van der Waals surface area contributed by atoms with Crippen molar-refractivity contribution in [1.82, 2.24) is 10.2 Å². The van der Waals surface area contributed by atoms with Crippen LogP contribution in [0.2, 0.25) is 0 Å². The molecule has 0 bridgehead atoms. The summed E-state index contributed by atoms with van der Waals surface area (Å²) in [7, 11) is -4.21. The molecule has 1 atom stereocenters. The molecular formula is C24H29F4N3O4S. The summed E-state index contributed by atoms with van der Waals surface area (Å²) in [5, 5.41) is 2.67. The number of alkyl halides is 3. The highest BCUT2D eigenvalue weighted by Crippen LogP contribution is 2.32. The zero-order valence-corrected chi connectivity index (χ0v) is 21.2. The molecule has 36 heavy (non-hydrogen) atoms. The van der Waals surface area contributed by atoms with Crippen LogP contribution in [0.15, 0.2) is 48.5 Å². The molecule has 0 saturated heterocycles. The molecule has 0 aromatic heterocycles. The van der Waals surface area contributed by atoms with Crippen molar-refractivity contribution in [3.8, 4) is 0 Å². The van der Waals surface area contributed by atoms with Crippen molar-refractivity contribution in [2.45, 2.75) is 39.5 Å². The fourth-order valence-electron chi connectivity index (χ4n) is 3.30. The summed E-state index contributed by atoms with van der Waals surface area (Å²) in [5.41, 5.74) is -1.38. The normalized spacial score (nSPS) is 12.8. The summed E-state index contributed by atoms with van der Waals surface area (Å²) in [6.45, 7) is 4.20. The second-order valence-corrected chi connectivity index (χ2v) is 10.7. The number of anilines is 1. The van der Waals surface area contributed by atoms with Crippen LogP contribution in [0.3, 0.4) is 0 Å². The van der Waals surface area contributed by atoms with E-state index in [9.17, 15) is 35.6 Å². The summed E-state index contributed by atoms with van der Waals surface area (Å²) in [6, 6.07) is 8.00. The molecule has 0 saturated carbocycles. The molecule has 2 aromatic carbocycles. The first-order valence-corrected chi connectivity index (χ1v) is 12.9. The van der Waals surface area contributed by atoms with E-state index in [2.05, 4.69) is 5.32 Å². The van der Waals surface area contributed by atoms with Gasteiger partial charge in [-0.25, -0.2) is 12.8 Å². The molecule has 0 spiro atoms. The van der Waals surface area contributed by atoms with Crippen LogP contribution in [-0.4, -0.2) is 50.5 Å². The number of sulfonamides is 1. The number of hydrogen-bond donors (Lipinski definition) is 1. The van der Waals surface area contributed by atoms with E-state index in [0.717, 1.165) is 29.4 Å². The van der Waals surface area contributed by atoms with Gasteiger partial charge in [-0.2, -0.15) is 13.2 Å². The molecule has 1 N–H and O–H groups in total. The van der Waals surface area contributed by atoms with E-state index >= 15 is 0 Å². The molecule has 2 aromatic rings. The Labute approximate surface area is 208 Å². The van der Waals surface area contributed by atoms with Crippen molar-refractivity contribution in [2.24, 2.45) is 5.92 Å². The summed E-state index contributed by atoms with van der Waals surface area (Å²) >= 11 is 0. The number of hydrogen-bond acceptors (Lipinski definition) is 4. The number of amides is 2. The number of nitrogens with one attached hydrogen (secondary N) is 1. The topological polar surface area (TPSA) is 86.8 Å². The molecule has 0 aliphatic heterocycles. The number of halogens is 4. The van der Waals surface area contributed by atoms with Crippen LogP contribution in [0.1, 0.15) is 31.9 Å². The molecule has 2 rings (SSSR count). The van der Waals surface area contributed by atoms with Gasteiger partial charge in [-0.05, 0) is 37.1 Å². The van der Waals surface area contributed by atoms with Crippen molar-refractivity contribution >= 4 is 27.5 Å². The van der Waals surface area contributed by atoms with Crippen molar-refractivity contribution in [3.63, 3.8) is 0 Å². The quantitative estimate of drug-likeness (QED) is 0.473. The third-order valence-electron chi connectivity index (χ3n) is 5.29. The fraction of sp³-hybridized carbons (Fsp3) is 0.417. The van der Waals surface area contributed by atoms with Crippen LogP contribution >= 0.6 is 0 Å². The van der Waals surface area contributed by atoms with Crippen molar-refractivity contribution in [3.05, 3.63) is 65.5 Å². The fourth-order valence-corrected chi connectivity index (χ4v) is 4.14. The third kappa shape index (κ3) is 7.94. The average molecular weight is 532 g/mol. The Balaban J connectivity index is 2.44. The lowest BCUT2D eigenvalue weighted by Gasteiger charge is -2.31. The zero-order chi connectivity index (χ0) is 27.3. The molecule has 0 fully saturated rings. The second-order valence-electron chi connectivity index (χ2n) is 8.75.